The number of hydrogen-bond donors (Lipinski definition) is 0. The van der Waals surface area contributed by atoms with Gasteiger partial charge in [0.2, 0.25) is 0 Å². The molecule has 1 heterocycles. The van der Waals surface area contributed by atoms with Gasteiger partial charge < -0.3 is 4.74 Å². The molecule has 10 heavy (non-hydrogen) atoms. The molecule has 3 unspecified atom stereocenters. The third-order valence-corrected chi connectivity index (χ3v) is 2.40. The van der Waals surface area contributed by atoms with Crippen LogP contribution in [0.1, 0.15) is 20.8 Å². The Morgan fingerprint density at radius 2 is 2.10 bits per heavy atom. The van der Waals surface area contributed by atoms with Gasteiger partial charge in [-0.15, -0.1) is 0 Å². The third kappa shape index (κ3) is 1.24. The summed E-state index contributed by atoms with van der Waals surface area (Å²) in [5, 5.41) is 0. The first-order valence-corrected chi connectivity index (χ1v) is 3.90. The van der Waals surface area contributed by atoms with Crippen molar-refractivity contribution in [2.75, 3.05) is 6.61 Å². The molecule has 0 amide bonds. The van der Waals surface area contributed by atoms with Crippen LogP contribution < -0.4 is 0 Å². The fourth-order valence-electron chi connectivity index (χ4n) is 1.45. The van der Waals surface area contributed by atoms with Crippen LogP contribution in [-0.4, -0.2) is 12.7 Å². The van der Waals surface area contributed by atoms with Crippen LogP contribution in [0, 0.1) is 11.8 Å². The standard InChI is InChI=1S/C9H16O/c1-6(2)9-8(4)7(3)5-10-9/h7-9H,1,5H2,2-4H3. The van der Waals surface area contributed by atoms with Crippen molar-refractivity contribution in [1.82, 2.24) is 0 Å². The van der Waals surface area contributed by atoms with E-state index in [2.05, 4.69) is 20.4 Å². The van der Waals surface area contributed by atoms with Gasteiger partial charge in [0.1, 0.15) is 0 Å². The number of hydrogen-bond acceptors (Lipinski definition) is 1. The van der Waals surface area contributed by atoms with Gasteiger partial charge in [-0.25, -0.2) is 0 Å². The third-order valence-electron chi connectivity index (χ3n) is 2.40. The van der Waals surface area contributed by atoms with Crippen LogP contribution in [0.25, 0.3) is 0 Å². The summed E-state index contributed by atoms with van der Waals surface area (Å²) in [6.45, 7) is 11.3. The zero-order valence-electron chi connectivity index (χ0n) is 7.05. The highest BCUT2D eigenvalue weighted by Gasteiger charge is 2.30. The monoisotopic (exact) mass is 140 g/mol. The molecular weight excluding hydrogens is 124 g/mol. The first-order chi connectivity index (χ1) is 4.63. The molecule has 58 valence electrons. The van der Waals surface area contributed by atoms with Gasteiger partial charge in [-0.1, -0.05) is 26.0 Å². The maximum Gasteiger partial charge on any atom is 0.0808 e. The Hall–Kier alpha value is -0.300. The van der Waals surface area contributed by atoms with Gasteiger partial charge in [-0.3, -0.25) is 0 Å². The van der Waals surface area contributed by atoms with Crippen molar-refractivity contribution in [2.45, 2.75) is 26.9 Å². The zero-order valence-corrected chi connectivity index (χ0v) is 7.05. The van der Waals surface area contributed by atoms with Crippen molar-refractivity contribution in [3.05, 3.63) is 12.2 Å². The summed E-state index contributed by atoms with van der Waals surface area (Å²) in [5.41, 5.74) is 1.16. The maximum absolute atomic E-state index is 5.54. The summed E-state index contributed by atoms with van der Waals surface area (Å²) in [6, 6.07) is 0. The topological polar surface area (TPSA) is 9.23 Å². The Balaban J connectivity index is 2.57. The molecule has 0 aliphatic carbocycles. The quantitative estimate of drug-likeness (QED) is 0.507. The molecule has 1 aliphatic rings. The summed E-state index contributed by atoms with van der Waals surface area (Å²) < 4.78 is 5.54. The molecule has 0 aromatic rings. The van der Waals surface area contributed by atoms with E-state index >= 15 is 0 Å². The largest absolute Gasteiger partial charge is 0.373 e. The Kier molecular flexibility index (Phi) is 2.14. The maximum atomic E-state index is 5.54. The van der Waals surface area contributed by atoms with Crippen molar-refractivity contribution in [3.63, 3.8) is 0 Å². The molecule has 1 nitrogen and oxygen atoms in total. The van der Waals surface area contributed by atoms with Crippen molar-refractivity contribution >= 4 is 0 Å². The number of rotatable bonds is 1. The van der Waals surface area contributed by atoms with Crippen molar-refractivity contribution in [3.8, 4) is 0 Å². The molecule has 1 fully saturated rings. The number of ether oxygens (including phenoxy) is 1. The van der Waals surface area contributed by atoms with Crippen LogP contribution in [0.15, 0.2) is 12.2 Å². The molecule has 0 bridgehead atoms. The Labute approximate surface area is 63.1 Å². The minimum absolute atomic E-state index is 0.315. The summed E-state index contributed by atoms with van der Waals surface area (Å²) in [7, 11) is 0. The molecule has 1 heteroatoms. The van der Waals surface area contributed by atoms with Gasteiger partial charge in [0.05, 0.1) is 12.7 Å². The molecule has 0 aromatic heterocycles. The molecule has 1 rings (SSSR count). The first-order valence-electron chi connectivity index (χ1n) is 3.90. The normalized spacial score (nSPS) is 40.1. The second-order valence-electron chi connectivity index (χ2n) is 3.44. The lowest BCUT2D eigenvalue weighted by molar-refractivity contribution is 0.121. The summed E-state index contributed by atoms with van der Waals surface area (Å²) in [4.78, 5) is 0. The Morgan fingerprint density at radius 1 is 1.50 bits per heavy atom. The SMILES string of the molecule is C=C(C)C1OCC(C)C1C. The highest BCUT2D eigenvalue weighted by atomic mass is 16.5. The van der Waals surface area contributed by atoms with E-state index < -0.39 is 0 Å². The second-order valence-corrected chi connectivity index (χ2v) is 3.44. The zero-order chi connectivity index (χ0) is 7.72. The van der Waals surface area contributed by atoms with Crippen LogP contribution in [0.3, 0.4) is 0 Å². The first kappa shape index (κ1) is 7.80. The van der Waals surface area contributed by atoms with E-state index in [4.69, 9.17) is 4.74 Å². The molecule has 0 aromatic carbocycles. The molecule has 0 saturated carbocycles. The van der Waals surface area contributed by atoms with Crippen LogP contribution in [0.4, 0.5) is 0 Å². The fraction of sp³-hybridized carbons (Fsp3) is 0.778. The van der Waals surface area contributed by atoms with Gasteiger partial charge in [0.25, 0.3) is 0 Å². The van der Waals surface area contributed by atoms with Gasteiger partial charge >= 0.3 is 0 Å². The predicted octanol–water partition coefficient (Wildman–Crippen LogP) is 2.23. The molecule has 0 radical (unpaired) electrons. The molecule has 1 saturated heterocycles. The lowest BCUT2D eigenvalue weighted by Gasteiger charge is -2.15. The van der Waals surface area contributed by atoms with E-state index in [-0.39, 0.29) is 0 Å². The van der Waals surface area contributed by atoms with E-state index in [1.165, 1.54) is 0 Å². The Bertz CT molecular complexity index is 140. The van der Waals surface area contributed by atoms with Crippen molar-refractivity contribution < 1.29 is 4.74 Å². The van der Waals surface area contributed by atoms with E-state index in [9.17, 15) is 0 Å². The van der Waals surface area contributed by atoms with Crippen LogP contribution in [0.2, 0.25) is 0 Å². The lowest BCUT2D eigenvalue weighted by atomic mass is 9.91. The van der Waals surface area contributed by atoms with Gasteiger partial charge in [-0.2, -0.15) is 0 Å². The molecule has 3 atom stereocenters. The minimum atomic E-state index is 0.315. The van der Waals surface area contributed by atoms with Crippen LogP contribution in [0.5, 0.6) is 0 Å². The summed E-state index contributed by atoms with van der Waals surface area (Å²) >= 11 is 0. The van der Waals surface area contributed by atoms with Crippen molar-refractivity contribution in [1.29, 1.82) is 0 Å². The summed E-state index contributed by atoms with van der Waals surface area (Å²) in [6.07, 6.45) is 0.315. The fourth-order valence-corrected chi connectivity index (χ4v) is 1.45. The van der Waals surface area contributed by atoms with E-state index in [0.29, 0.717) is 17.9 Å². The average Bonchev–Trinajstić information content (AvgIpc) is 2.14. The van der Waals surface area contributed by atoms with E-state index in [1.54, 1.807) is 0 Å². The van der Waals surface area contributed by atoms with Crippen LogP contribution in [-0.2, 0) is 4.74 Å². The van der Waals surface area contributed by atoms with Gasteiger partial charge in [0, 0.05) is 0 Å². The Morgan fingerprint density at radius 3 is 2.30 bits per heavy atom. The van der Waals surface area contributed by atoms with E-state index in [1.807, 2.05) is 6.92 Å². The highest BCUT2D eigenvalue weighted by Crippen LogP contribution is 2.29. The summed E-state index contributed by atoms with van der Waals surface area (Å²) in [5.74, 6) is 1.35. The molecule has 0 N–H and O–H groups in total. The molecule has 1 aliphatic heterocycles. The smallest absolute Gasteiger partial charge is 0.0808 e. The van der Waals surface area contributed by atoms with Gasteiger partial charge in [0.15, 0.2) is 0 Å². The second kappa shape index (κ2) is 2.75. The predicted molar refractivity (Wildman–Crippen MR) is 42.9 cm³/mol. The average molecular weight is 140 g/mol. The molecular formula is C9H16O. The van der Waals surface area contributed by atoms with Gasteiger partial charge in [-0.05, 0) is 18.8 Å². The minimum Gasteiger partial charge on any atom is -0.373 e. The molecule has 0 spiro atoms. The van der Waals surface area contributed by atoms with Crippen LogP contribution >= 0.6 is 0 Å². The highest BCUT2D eigenvalue weighted by molar-refractivity contribution is 5.03. The van der Waals surface area contributed by atoms with Crippen molar-refractivity contribution in [2.24, 2.45) is 11.8 Å². The lowest BCUT2D eigenvalue weighted by Crippen LogP contribution is -2.16. The van der Waals surface area contributed by atoms with E-state index in [0.717, 1.165) is 12.2 Å².